The van der Waals surface area contributed by atoms with Gasteiger partial charge in [-0.05, 0) is 48.8 Å². The van der Waals surface area contributed by atoms with E-state index in [2.05, 4.69) is 23.5 Å². The van der Waals surface area contributed by atoms with Crippen LogP contribution in [0.5, 0.6) is 0 Å². The summed E-state index contributed by atoms with van der Waals surface area (Å²) in [5.41, 5.74) is 1.80. The minimum atomic E-state index is -3.37. The molecule has 0 bridgehead atoms. The van der Waals surface area contributed by atoms with Crippen LogP contribution in [-0.2, 0) is 10.0 Å². The van der Waals surface area contributed by atoms with E-state index in [1.165, 1.54) is 0 Å². The van der Waals surface area contributed by atoms with E-state index in [1.54, 1.807) is 24.3 Å². The summed E-state index contributed by atoms with van der Waals surface area (Å²) in [4.78, 5) is 17.6. The van der Waals surface area contributed by atoms with E-state index in [0.717, 1.165) is 42.3 Å². The molecule has 0 fully saturated rings. The lowest BCUT2D eigenvalue weighted by atomic mass is 10.1. The third-order valence-electron chi connectivity index (χ3n) is 5.27. The molecule has 3 aromatic carbocycles. The van der Waals surface area contributed by atoms with Crippen molar-refractivity contribution >= 4 is 50.5 Å². The van der Waals surface area contributed by atoms with Gasteiger partial charge in [0, 0.05) is 29.7 Å². The number of nitrogens with zero attached hydrogens (tertiary/aromatic N) is 2. The number of nitrogens with one attached hydrogen (secondary N) is 1. The second kappa shape index (κ2) is 11.3. The van der Waals surface area contributed by atoms with Gasteiger partial charge in [0.25, 0.3) is 5.91 Å². The molecule has 0 aromatic heterocycles. The maximum Gasteiger partial charge on any atom is 0.258 e. The summed E-state index contributed by atoms with van der Waals surface area (Å²) in [6.45, 7) is 7.37. The van der Waals surface area contributed by atoms with Gasteiger partial charge in [-0.1, -0.05) is 50.2 Å². The number of carbonyl (C=O) groups excluding carboxylic acids is 1. The number of rotatable bonds is 9. The molecule has 0 aliphatic carbocycles. The molecular formula is C24H30ClN3O3S. The van der Waals surface area contributed by atoms with Gasteiger partial charge in [0.2, 0.25) is 10.0 Å². The standard InChI is InChI=1S/C24H29N3O3S.ClH/c1-4-26(5-2)17-18-27(23-12-8-10-19-9-6-7-11-22(19)23)24(28)20-13-15-21(16-14-20)25-31(3,29)30;/h6-16,25H,4-5,17-18H2,1-3H3;1H. The van der Waals surface area contributed by atoms with Crippen LogP contribution in [0.15, 0.2) is 66.7 Å². The lowest BCUT2D eigenvalue weighted by Crippen LogP contribution is -2.39. The van der Waals surface area contributed by atoms with Crippen molar-refractivity contribution in [2.45, 2.75) is 13.8 Å². The van der Waals surface area contributed by atoms with E-state index in [4.69, 9.17) is 0 Å². The van der Waals surface area contributed by atoms with Gasteiger partial charge in [0.05, 0.1) is 11.9 Å². The Morgan fingerprint density at radius 3 is 2.12 bits per heavy atom. The summed E-state index contributed by atoms with van der Waals surface area (Å²) in [6.07, 6.45) is 1.10. The van der Waals surface area contributed by atoms with E-state index < -0.39 is 10.0 Å². The minimum absolute atomic E-state index is 0. The van der Waals surface area contributed by atoms with Gasteiger partial charge in [-0.2, -0.15) is 0 Å². The second-order valence-electron chi connectivity index (χ2n) is 7.43. The van der Waals surface area contributed by atoms with Crippen molar-refractivity contribution in [2.75, 3.05) is 42.1 Å². The van der Waals surface area contributed by atoms with Crippen LogP contribution in [0.2, 0.25) is 0 Å². The van der Waals surface area contributed by atoms with E-state index in [1.807, 2.05) is 47.4 Å². The lowest BCUT2D eigenvalue weighted by molar-refractivity contribution is 0.0984. The first-order valence-corrected chi connectivity index (χ1v) is 12.3. The van der Waals surface area contributed by atoms with Crippen LogP contribution in [0, 0.1) is 0 Å². The van der Waals surface area contributed by atoms with Crippen LogP contribution in [0.25, 0.3) is 10.8 Å². The number of hydrogen-bond acceptors (Lipinski definition) is 4. The molecule has 1 N–H and O–H groups in total. The largest absolute Gasteiger partial charge is 0.306 e. The number of fused-ring (bicyclic) bond motifs is 1. The van der Waals surface area contributed by atoms with Crippen molar-refractivity contribution in [1.29, 1.82) is 0 Å². The van der Waals surface area contributed by atoms with Gasteiger partial charge in [-0.3, -0.25) is 9.52 Å². The minimum Gasteiger partial charge on any atom is -0.306 e. The third-order valence-corrected chi connectivity index (χ3v) is 5.88. The van der Waals surface area contributed by atoms with Crippen molar-refractivity contribution in [1.82, 2.24) is 4.90 Å². The average Bonchev–Trinajstić information content (AvgIpc) is 2.76. The third kappa shape index (κ3) is 6.45. The maximum atomic E-state index is 13.5. The monoisotopic (exact) mass is 475 g/mol. The Bertz CT molecular complexity index is 1140. The SMILES string of the molecule is CCN(CC)CCN(C(=O)c1ccc(NS(C)(=O)=O)cc1)c1cccc2ccccc12.Cl. The molecule has 6 nitrogen and oxygen atoms in total. The van der Waals surface area contributed by atoms with Crippen molar-refractivity contribution in [3.8, 4) is 0 Å². The summed E-state index contributed by atoms with van der Waals surface area (Å²) >= 11 is 0. The number of likely N-dealkylation sites (N-methyl/N-ethyl adjacent to an activating group) is 1. The average molecular weight is 476 g/mol. The Labute approximate surface area is 196 Å². The molecule has 0 radical (unpaired) electrons. The van der Waals surface area contributed by atoms with Crippen LogP contribution >= 0.6 is 12.4 Å². The predicted molar refractivity (Wildman–Crippen MR) is 136 cm³/mol. The zero-order valence-corrected chi connectivity index (χ0v) is 20.2. The quantitative estimate of drug-likeness (QED) is 0.490. The first kappa shape index (κ1) is 25.6. The molecular weight excluding hydrogens is 446 g/mol. The molecule has 0 atom stereocenters. The zero-order valence-electron chi connectivity index (χ0n) is 18.6. The Balaban J connectivity index is 0.00000363. The number of sulfonamides is 1. The Hall–Kier alpha value is -2.61. The topological polar surface area (TPSA) is 69.7 Å². The van der Waals surface area contributed by atoms with Crippen LogP contribution in [0.1, 0.15) is 24.2 Å². The van der Waals surface area contributed by atoms with E-state index >= 15 is 0 Å². The van der Waals surface area contributed by atoms with Gasteiger partial charge in [-0.25, -0.2) is 8.42 Å². The van der Waals surface area contributed by atoms with E-state index in [-0.39, 0.29) is 18.3 Å². The number of halogens is 1. The van der Waals surface area contributed by atoms with Crippen molar-refractivity contribution in [3.63, 3.8) is 0 Å². The fourth-order valence-electron chi connectivity index (χ4n) is 3.61. The highest BCUT2D eigenvalue weighted by Crippen LogP contribution is 2.28. The second-order valence-corrected chi connectivity index (χ2v) is 9.18. The Morgan fingerprint density at radius 1 is 0.875 bits per heavy atom. The highest BCUT2D eigenvalue weighted by atomic mass is 35.5. The van der Waals surface area contributed by atoms with Gasteiger partial charge in [-0.15, -0.1) is 12.4 Å². The smallest absolute Gasteiger partial charge is 0.258 e. The van der Waals surface area contributed by atoms with Crippen LogP contribution in [-0.4, -0.2) is 51.7 Å². The molecule has 0 saturated heterocycles. The van der Waals surface area contributed by atoms with Crippen molar-refractivity contribution < 1.29 is 13.2 Å². The van der Waals surface area contributed by atoms with Gasteiger partial charge < -0.3 is 9.80 Å². The molecule has 0 heterocycles. The van der Waals surface area contributed by atoms with Crippen LogP contribution in [0.4, 0.5) is 11.4 Å². The molecule has 1 amide bonds. The molecule has 0 unspecified atom stereocenters. The number of hydrogen-bond donors (Lipinski definition) is 1. The highest BCUT2D eigenvalue weighted by molar-refractivity contribution is 7.92. The molecule has 32 heavy (non-hydrogen) atoms. The van der Waals surface area contributed by atoms with E-state index in [9.17, 15) is 13.2 Å². The summed E-state index contributed by atoms with van der Waals surface area (Å²) < 4.78 is 25.3. The Morgan fingerprint density at radius 2 is 1.50 bits per heavy atom. The van der Waals surface area contributed by atoms with Crippen molar-refractivity contribution in [2.24, 2.45) is 0 Å². The summed E-state index contributed by atoms with van der Waals surface area (Å²) in [5.74, 6) is -0.116. The first-order chi connectivity index (χ1) is 14.8. The molecule has 3 rings (SSSR count). The van der Waals surface area contributed by atoms with Crippen LogP contribution < -0.4 is 9.62 Å². The number of amides is 1. The molecule has 0 aliphatic rings. The maximum absolute atomic E-state index is 13.5. The Kier molecular flexibility index (Phi) is 9.07. The number of carbonyl (C=O) groups is 1. The number of anilines is 2. The first-order valence-electron chi connectivity index (χ1n) is 10.4. The van der Waals surface area contributed by atoms with Gasteiger partial charge in [0.1, 0.15) is 0 Å². The molecule has 3 aromatic rings. The molecule has 0 spiro atoms. The summed E-state index contributed by atoms with van der Waals surface area (Å²) in [5, 5.41) is 2.10. The zero-order chi connectivity index (χ0) is 22.4. The molecule has 0 aliphatic heterocycles. The fraction of sp³-hybridized carbons (Fsp3) is 0.292. The normalized spacial score (nSPS) is 11.2. The molecule has 8 heteroatoms. The lowest BCUT2D eigenvalue weighted by Gasteiger charge is -2.28. The van der Waals surface area contributed by atoms with Crippen LogP contribution in [0.3, 0.4) is 0 Å². The highest BCUT2D eigenvalue weighted by Gasteiger charge is 2.20. The predicted octanol–water partition coefficient (Wildman–Crippen LogP) is 4.62. The number of benzene rings is 3. The molecule has 0 saturated carbocycles. The van der Waals surface area contributed by atoms with Crippen molar-refractivity contribution in [3.05, 3.63) is 72.3 Å². The molecule has 172 valence electrons. The summed E-state index contributed by atoms with van der Waals surface area (Å²) in [6, 6.07) is 20.6. The fourth-order valence-corrected chi connectivity index (χ4v) is 4.17. The van der Waals surface area contributed by atoms with Gasteiger partial charge >= 0.3 is 0 Å². The summed E-state index contributed by atoms with van der Waals surface area (Å²) in [7, 11) is -3.37. The van der Waals surface area contributed by atoms with Gasteiger partial charge in [0.15, 0.2) is 0 Å². The van der Waals surface area contributed by atoms with E-state index in [0.29, 0.717) is 17.8 Å².